The number of nitrogens with zero attached hydrogens (tertiary/aromatic N) is 3. The second-order valence-corrected chi connectivity index (χ2v) is 6.69. The van der Waals surface area contributed by atoms with Gasteiger partial charge in [-0.3, -0.25) is 14.5 Å². The van der Waals surface area contributed by atoms with E-state index in [2.05, 4.69) is 20.1 Å². The third kappa shape index (κ3) is 4.59. The number of hydrogen-bond donors (Lipinski definition) is 1. The van der Waals surface area contributed by atoms with E-state index >= 15 is 0 Å². The Bertz CT molecular complexity index is 1010. The summed E-state index contributed by atoms with van der Waals surface area (Å²) in [5.74, 6) is -0.525. The maximum absolute atomic E-state index is 12.4. The van der Waals surface area contributed by atoms with Gasteiger partial charge in [0.1, 0.15) is 11.4 Å². The number of benzene rings is 1. The average Bonchev–Trinajstić information content (AvgIpc) is 2.97. The van der Waals surface area contributed by atoms with Crippen LogP contribution in [0.3, 0.4) is 0 Å². The number of alkyl halides is 3. The number of aromatic nitrogens is 3. The van der Waals surface area contributed by atoms with Crippen molar-refractivity contribution in [3.8, 4) is 5.75 Å². The number of pyridine rings is 1. The molecule has 148 valence electrons. The van der Waals surface area contributed by atoms with Crippen molar-refractivity contribution in [3.05, 3.63) is 53.5 Å². The smallest absolute Gasteiger partial charge is 0.406 e. The van der Waals surface area contributed by atoms with Crippen molar-refractivity contribution < 1.29 is 22.7 Å². The first-order chi connectivity index (χ1) is 13.1. The lowest BCUT2D eigenvalue weighted by molar-refractivity contribution is -0.274. The Morgan fingerprint density at radius 3 is 2.68 bits per heavy atom. The highest BCUT2D eigenvalue weighted by molar-refractivity contribution is 6.04. The summed E-state index contributed by atoms with van der Waals surface area (Å²) in [5.41, 5.74) is 2.01. The van der Waals surface area contributed by atoms with Gasteiger partial charge in [0, 0.05) is 18.4 Å². The van der Waals surface area contributed by atoms with E-state index in [0.717, 1.165) is 5.56 Å². The zero-order valence-corrected chi connectivity index (χ0v) is 15.5. The maximum Gasteiger partial charge on any atom is 0.573 e. The Balaban J connectivity index is 1.85. The Labute approximate surface area is 159 Å². The monoisotopic (exact) mass is 392 g/mol. The van der Waals surface area contributed by atoms with Crippen LogP contribution in [0.5, 0.6) is 5.75 Å². The molecule has 3 aromatic rings. The second kappa shape index (κ2) is 7.49. The van der Waals surface area contributed by atoms with E-state index in [1.807, 2.05) is 13.8 Å². The molecule has 1 aromatic carbocycles. The minimum Gasteiger partial charge on any atom is -0.406 e. The van der Waals surface area contributed by atoms with Gasteiger partial charge in [0.05, 0.1) is 17.4 Å². The van der Waals surface area contributed by atoms with Gasteiger partial charge in [-0.25, -0.2) is 0 Å². The molecule has 1 N–H and O–H groups in total. The van der Waals surface area contributed by atoms with E-state index < -0.39 is 6.36 Å². The zero-order valence-electron chi connectivity index (χ0n) is 15.5. The van der Waals surface area contributed by atoms with Crippen LogP contribution >= 0.6 is 0 Å². The molecule has 0 aliphatic rings. The first-order valence-corrected chi connectivity index (χ1v) is 8.60. The van der Waals surface area contributed by atoms with Crippen molar-refractivity contribution in [2.24, 2.45) is 0 Å². The number of amides is 1. The number of nitrogens with one attached hydrogen (secondary N) is 1. The van der Waals surface area contributed by atoms with Crippen molar-refractivity contribution in [1.29, 1.82) is 0 Å². The van der Waals surface area contributed by atoms with Gasteiger partial charge >= 0.3 is 6.36 Å². The Kier molecular flexibility index (Phi) is 5.26. The first kappa shape index (κ1) is 19.7. The van der Waals surface area contributed by atoms with Gasteiger partial charge < -0.3 is 10.1 Å². The topological polar surface area (TPSA) is 69.0 Å². The van der Waals surface area contributed by atoms with Gasteiger partial charge in [-0.05, 0) is 44.0 Å². The molecule has 3 rings (SSSR count). The highest BCUT2D eigenvalue weighted by atomic mass is 19.4. The Hall–Kier alpha value is -3.10. The van der Waals surface area contributed by atoms with E-state index in [9.17, 15) is 18.0 Å². The second-order valence-electron chi connectivity index (χ2n) is 6.69. The lowest BCUT2D eigenvalue weighted by Crippen LogP contribution is -2.30. The highest BCUT2D eigenvalue weighted by Gasteiger charge is 2.31. The SMILES string of the molecule is Cc1cc(Cn2cc3c(C(=O)NC(C)C)nccc3n2)ccc1OC(F)(F)F. The molecule has 0 saturated carbocycles. The molecule has 28 heavy (non-hydrogen) atoms. The summed E-state index contributed by atoms with van der Waals surface area (Å²) >= 11 is 0. The average molecular weight is 392 g/mol. The van der Waals surface area contributed by atoms with Crippen LogP contribution in [0.15, 0.2) is 36.7 Å². The Morgan fingerprint density at radius 1 is 1.29 bits per heavy atom. The summed E-state index contributed by atoms with van der Waals surface area (Å²) in [6, 6.07) is 6.11. The molecule has 1 amide bonds. The molecule has 0 radical (unpaired) electrons. The number of halogens is 3. The van der Waals surface area contributed by atoms with Crippen molar-refractivity contribution in [2.75, 3.05) is 0 Å². The summed E-state index contributed by atoms with van der Waals surface area (Å²) in [4.78, 5) is 16.5. The van der Waals surface area contributed by atoms with Crippen LogP contribution < -0.4 is 10.1 Å². The fourth-order valence-electron chi connectivity index (χ4n) is 2.82. The highest BCUT2D eigenvalue weighted by Crippen LogP contribution is 2.27. The maximum atomic E-state index is 12.4. The van der Waals surface area contributed by atoms with Crippen molar-refractivity contribution in [2.45, 2.75) is 39.7 Å². The molecule has 6 nitrogen and oxygen atoms in total. The standard InChI is InChI=1S/C19H19F3N4O2/c1-11(2)24-18(27)17-14-10-26(25-15(14)6-7-23-17)9-13-4-5-16(12(3)8-13)28-19(20,21)22/h4-8,10-11H,9H2,1-3H3,(H,24,27). The van der Waals surface area contributed by atoms with Gasteiger partial charge in [0.15, 0.2) is 0 Å². The quantitative estimate of drug-likeness (QED) is 0.717. The van der Waals surface area contributed by atoms with Crippen LogP contribution in [0.1, 0.15) is 35.5 Å². The van der Waals surface area contributed by atoms with E-state index in [4.69, 9.17) is 0 Å². The van der Waals surface area contributed by atoms with Crippen molar-refractivity contribution in [3.63, 3.8) is 0 Å². The van der Waals surface area contributed by atoms with Crippen LogP contribution in [0.25, 0.3) is 10.9 Å². The molecule has 0 saturated heterocycles. The molecule has 0 atom stereocenters. The van der Waals surface area contributed by atoms with E-state index in [-0.39, 0.29) is 23.4 Å². The number of hydrogen-bond acceptors (Lipinski definition) is 4. The van der Waals surface area contributed by atoms with E-state index in [1.54, 1.807) is 36.0 Å². The van der Waals surface area contributed by atoms with Crippen LogP contribution in [-0.4, -0.2) is 33.1 Å². The lowest BCUT2D eigenvalue weighted by atomic mass is 10.1. The molecule has 0 bridgehead atoms. The zero-order chi connectivity index (χ0) is 20.5. The third-order valence-electron chi connectivity index (χ3n) is 3.93. The summed E-state index contributed by atoms with van der Waals surface area (Å²) in [7, 11) is 0. The minimum absolute atomic E-state index is 0.0278. The van der Waals surface area contributed by atoms with Crippen LogP contribution in [-0.2, 0) is 6.54 Å². The van der Waals surface area contributed by atoms with Gasteiger partial charge in [-0.2, -0.15) is 5.10 Å². The van der Waals surface area contributed by atoms with Crippen molar-refractivity contribution in [1.82, 2.24) is 20.1 Å². The van der Waals surface area contributed by atoms with Gasteiger partial charge in [0.2, 0.25) is 0 Å². The lowest BCUT2D eigenvalue weighted by Gasteiger charge is -2.12. The fraction of sp³-hybridized carbons (Fsp3) is 0.316. The molecule has 0 aliphatic heterocycles. The number of carbonyl (C=O) groups excluding carboxylic acids is 1. The molecule has 9 heteroatoms. The van der Waals surface area contributed by atoms with Gasteiger partial charge in [-0.1, -0.05) is 12.1 Å². The number of carbonyl (C=O) groups is 1. The molecule has 0 unspecified atom stereocenters. The molecule has 2 aromatic heterocycles. The van der Waals surface area contributed by atoms with E-state index in [1.165, 1.54) is 12.3 Å². The predicted molar refractivity (Wildman–Crippen MR) is 97.1 cm³/mol. The number of aryl methyl sites for hydroxylation is 1. The number of ether oxygens (including phenoxy) is 1. The van der Waals surface area contributed by atoms with Crippen LogP contribution in [0.2, 0.25) is 0 Å². The Morgan fingerprint density at radius 2 is 2.04 bits per heavy atom. The van der Waals surface area contributed by atoms with Crippen LogP contribution in [0, 0.1) is 6.92 Å². The van der Waals surface area contributed by atoms with Crippen molar-refractivity contribution >= 4 is 16.8 Å². The van der Waals surface area contributed by atoms with Crippen LogP contribution in [0.4, 0.5) is 13.2 Å². The minimum atomic E-state index is -4.73. The summed E-state index contributed by atoms with van der Waals surface area (Å²) < 4.78 is 42.8. The first-order valence-electron chi connectivity index (χ1n) is 8.60. The molecule has 2 heterocycles. The largest absolute Gasteiger partial charge is 0.573 e. The normalized spacial score (nSPS) is 11.8. The van der Waals surface area contributed by atoms with Gasteiger partial charge in [-0.15, -0.1) is 13.2 Å². The fourth-order valence-corrected chi connectivity index (χ4v) is 2.82. The van der Waals surface area contributed by atoms with E-state index in [0.29, 0.717) is 23.0 Å². The molecular formula is C19H19F3N4O2. The summed E-state index contributed by atoms with van der Waals surface area (Å²) in [5, 5.41) is 7.83. The predicted octanol–water partition coefficient (Wildman–Crippen LogP) is 3.82. The number of fused-ring (bicyclic) bond motifs is 1. The summed E-state index contributed by atoms with van der Waals surface area (Å²) in [6.07, 6.45) is -1.51. The molecular weight excluding hydrogens is 373 g/mol. The molecule has 0 aliphatic carbocycles. The molecule has 0 fully saturated rings. The third-order valence-corrected chi connectivity index (χ3v) is 3.93. The number of rotatable bonds is 5. The summed E-state index contributed by atoms with van der Waals surface area (Å²) in [6.45, 7) is 5.58. The van der Waals surface area contributed by atoms with Gasteiger partial charge in [0.25, 0.3) is 5.91 Å². The molecule has 0 spiro atoms.